The van der Waals surface area contributed by atoms with Crippen molar-refractivity contribution in [1.29, 1.82) is 0 Å². The second-order valence-electron chi connectivity index (χ2n) is 18.9. The molecule has 360 valence electrons. The summed E-state index contributed by atoms with van der Waals surface area (Å²) in [7, 11) is 1.58. The number of amides is 1. The maximum atomic E-state index is 12.9. The Hall–Kier alpha value is -1.28. The molecule has 0 spiro atoms. The van der Waals surface area contributed by atoms with Gasteiger partial charge in [-0.2, -0.15) is 0 Å². The van der Waals surface area contributed by atoms with Crippen molar-refractivity contribution in [3.63, 3.8) is 0 Å². The zero-order valence-electron chi connectivity index (χ0n) is 40.9. The first-order valence-corrected chi connectivity index (χ1v) is 27.4. The lowest BCUT2D eigenvalue weighted by Crippen LogP contribution is -2.45. The number of nitrogens with zero attached hydrogens (tertiary/aromatic N) is 1. The SMILES string of the molecule is CCCCCCC/C=C\C/C=C\CCCCCCCCCCCCCCCC(=O)NC(COP(=O)(O)OCC[N+](C)(C)C)C(O)/C=C/CCCCCCCCCCCCCC. The number of rotatable bonds is 47. The van der Waals surface area contributed by atoms with E-state index < -0.39 is 20.0 Å². The summed E-state index contributed by atoms with van der Waals surface area (Å²) in [6.07, 6.45) is 55.1. The van der Waals surface area contributed by atoms with E-state index in [9.17, 15) is 19.4 Å². The second-order valence-corrected chi connectivity index (χ2v) is 20.4. The Labute approximate surface area is 378 Å². The molecule has 1 amide bonds. The molecule has 0 saturated carbocycles. The molecule has 0 bridgehead atoms. The van der Waals surface area contributed by atoms with Gasteiger partial charge in [-0.25, -0.2) is 4.57 Å². The summed E-state index contributed by atoms with van der Waals surface area (Å²) in [5.74, 6) is -0.177. The number of nitrogens with one attached hydrogen (secondary N) is 1. The fraction of sp³-hybridized carbons (Fsp3) is 0.865. The fourth-order valence-corrected chi connectivity index (χ4v) is 8.22. The van der Waals surface area contributed by atoms with E-state index in [0.717, 1.165) is 44.9 Å². The van der Waals surface area contributed by atoms with Gasteiger partial charge in [0.2, 0.25) is 5.91 Å². The third kappa shape index (κ3) is 46.5. The molecule has 9 heteroatoms. The largest absolute Gasteiger partial charge is 0.472 e. The van der Waals surface area contributed by atoms with Gasteiger partial charge in [0.1, 0.15) is 13.2 Å². The minimum absolute atomic E-state index is 0.0619. The maximum Gasteiger partial charge on any atom is 0.472 e. The van der Waals surface area contributed by atoms with Gasteiger partial charge in [-0.15, -0.1) is 0 Å². The lowest BCUT2D eigenvalue weighted by atomic mass is 10.0. The van der Waals surface area contributed by atoms with E-state index >= 15 is 0 Å². The van der Waals surface area contributed by atoms with Gasteiger partial charge in [0.05, 0.1) is 39.9 Å². The molecule has 0 aliphatic carbocycles. The summed E-state index contributed by atoms with van der Waals surface area (Å²) in [5, 5.41) is 13.9. The first kappa shape index (κ1) is 59.7. The zero-order chi connectivity index (χ0) is 45.0. The molecular weight excluding hydrogens is 780 g/mol. The van der Waals surface area contributed by atoms with Gasteiger partial charge in [0, 0.05) is 6.42 Å². The van der Waals surface area contributed by atoms with Gasteiger partial charge in [-0.1, -0.05) is 217 Å². The Kier molecular flexibility index (Phi) is 43.0. The van der Waals surface area contributed by atoms with Crippen LogP contribution in [0.5, 0.6) is 0 Å². The summed E-state index contributed by atoms with van der Waals surface area (Å²) >= 11 is 0. The number of likely N-dealkylation sites (N-methyl/N-ethyl adjacent to an activating group) is 1. The maximum absolute atomic E-state index is 12.9. The Balaban J connectivity index is 4.21. The van der Waals surface area contributed by atoms with Crippen LogP contribution in [0.3, 0.4) is 0 Å². The highest BCUT2D eigenvalue weighted by atomic mass is 31.2. The van der Waals surface area contributed by atoms with Crippen LogP contribution in [-0.4, -0.2) is 73.4 Å². The summed E-state index contributed by atoms with van der Waals surface area (Å²) in [6.45, 7) is 4.81. The van der Waals surface area contributed by atoms with Crippen LogP contribution in [0.15, 0.2) is 36.5 Å². The van der Waals surface area contributed by atoms with E-state index in [1.165, 1.54) is 173 Å². The number of quaternary nitrogens is 1. The van der Waals surface area contributed by atoms with Crippen LogP contribution in [0, 0.1) is 0 Å². The number of allylic oxidation sites excluding steroid dienone is 5. The molecule has 3 N–H and O–H groups in total. The van der Waals surface area contributed by atoms with Crippen molar-refractivity contribution in [2.45, 2.75) is 251 Å². The smallest absolute Gasteiger partial charge is 0.387 e. The molecule has 0 aromatic heterocycles. The molecule has 0 aliphatic heterocycles. The number of phosphoric ester groups is 1. The minimum atomic E-state index is -4.34. The number of aliphatic hydroxyl groups is 1. The van der Waals surface area contributed by atoms with E-state index in [0.29, 0.717) is 17.4 Å². The van der Waals surface area contributed by atoms with Crippen molar-refractivity contribution in [3.8, 4) is 0 Å². The van der Waals surface area contributed by atoms with Gasteiger partial charge < -0.3 is 19.8 Å². The molecular formula is C52H102N2O6P+. The Bertz CT molecular complexity index is 1090. The molecule has 3 atom stereocenters. The van der Waals surface area contributed by atoms with E-state index in [4.69, 9.17) is 9.05 Å². The van der Waals surface area contributed by atoms with Crippen LogP contribution in [-0.2, 0) is 18.4 Å². The summed E-state index contributed by atoms with van der Waals surface area (Å²) < 4.78 is 23.6. The second kappa shape index (κ2) is 43.9. The first-order valence-electron chi connectivity index (χ1n) is 25.9. The zero-order valence-corrected chi connectivity index (χ0v) is 41.8. The Morgan fingerprint density at radius 1 is 0.557 bits per heavy atom. The molecule has 0 aromatic rings. The number of carbonyl (C=O) groups excluding carboxylic acids is 1. The van der Waals surface area contributed by atoms with Gasteiger partial charge in [0.15, 0.2) is 0 Å². The number of aliphatic hydroxyl groups excluding tert-OH is 1. The van der Waals surface area contributed by atoms with Crippen molar-refractivity contribution in [1.82, 2.24) is 5.32 Å². The van der Waals surface area contributed by atoms with Crippen molar-refractivity contribution in [3.05, 3.63) is 36.5 Å². The van der Waals surface area contributed by atoms with Crippen molar-refractivity contribution in [2.75, 3.05) is 40.9 Å². The highest BCUT2D eigenvalue weighted by molar-refractivity contribution is 7.47. The van der Waals surface area contributed by atoms with E-state index in [1.807, 2.05) is 27.2 Å². The molecule has 0 rings (SSSR count). The van der Waals surface area contributed by atoms with Gasteiger partial charge >= 0.3 is 7.82 Å². The van der Waals surface area contributed by atoms with Crippen LogP contribution < -0.4 is 5.32 Å². The third-order valence-corrected chi connectivity index (χ3v) is 12.6. The van der Waals surface area contributed by atoms with E-state index in [1.54, 1.807) is 6.08 Å². The average molecular weight is 882 g/mol. The molecule has 0 heterocycles. The van der Waals surface area contributed by atoms with Crippen molar-refractivity contribution >= 4 is 13.7 Å². The lowest BCUT2D eigenvalue weighted by Gasteiger charge is -2.25. The van der Waals surface area contributed by atoms with Crippen LogP contribution in [0.25, 0.3) is 0 Å². The number of phosphoric acid groups is 1. The summed E-state index contributed by atoms with van der Waals surface area (Å²) in [4.78, 5) is 23.2. The van der Waals surface area contributed by atoms with Crippen LogP contribution >= 0.6 is 7.82 Å². The van der Waals surface area contributed by atoms with Crippen LogP contribution in [0.2, 0.25) is 0 Å². The molecule has 0 fully saturated rings. The predicted octanol–water partition coefficient (Wildman–Crippen LogP) is 15.0. The number of hydrogen-bond donors (Lipinski definition) is 3. The van der Waals surface area contributed by atoms with Crippen LogP contribution in [0.1, 0.15) is 239 Å². The number of carbonyl (C=O) groups is 1. The predicted molar refractivity (Wildman–Crippen MR) is 263 cm³/mol. The standard InChI is InChI=1S/C52H101N2O6P/c1-6-8-10-12-14-16-18-20-22-23-24-25-26-27-28-29-30-31-32-34-36-38-40-42-44-46-52(56)53-50(49-60-61(57,58)59-48-47-54(3,4)5)51(55)45-43-41-39-37-35-33-21-19-17-15-13-11-9-7-2/h18,20,23-24,43,45,50-51,55H,6-17,19,21-22,25-42,44,46-49H2,1-5H3,(H-,53,56,57,58)/p+1/b20-18-,24-23-,45-43+. The first-order chi connectivity index (χ1) is 29.5. The van der Waals surface area contributed by atoms with Crippen LogP contribution in [0.4, 0.5) is 0 Å². The Morgan fingerprint density at radius 3 is 1.34 bits per heavy atom. The van der Waals surface area contributed by atoms with Crippen molar-refractivity contribution < 1.29 is 32.9 Å². The summed E-state index contributed by atoms with van der Waals surface area (Å²) in [6, 6.07) is -0.845. The monoisotopic (exact) mass is 882 g/mol. The quantitative estimate of drug-likeness (QED) is 0.0243. The topological polar surface area (TPSA) is 105 Å². The molecule has 3 unspecified atom stereocenters. The molecule has 8 nitrogen and oxygen atoms in total. The molecule has 61 heavy (non-hydrogen) atoms. The van der Waals surface area contributed by atoms with E-state index in [2.05, 4.69) is 43.5 Å². The summed E-state index contributed by atoms with van der Waals surface area (Å²) in [5.41, 5.74) is 0. The van der Waals surface area contributed by atoms with Gasteiger partial charge in [0.25, 0.3) is 0 Å². The van der Waals surface area contributed by atoms with Crippen molar-refractivity contribution in [2.24, 2.45) is 0 Å². The Morgan fingerprint density at radius 2 is 0.934 bits per heavy atom. The van der Waals surface area contributed by atoms with E-state index in [-0.39, 0.29) is 19.1 Å². The molecule has 0 radical (unpaired) electrons. The average Bonchev–Trinajstić information content (AvgIpc) is 3.21. The fourth-order valence-electron chi connectivity index (χ4n) is 7.48. The molecule has 0 aromatic carbocycles. The number of hydrogen-bond acceptors (Lipinski definition) is 5. The minimum Gasteiger partial charge on any atom is -0.387 e. The lowest BCUT2D eigenvalue weighted by molar-refractivity contribution is -0.870. The molecule has 0 aliphatic rings. The highest BCUT2D eigenvalue weighted by Crippen LogP contribution is 2.43. The number of unbranched alkanes of at least 4 members (excludes halogenated alkanes) is 30. The molecule has 0 saturated heterocycles. The van der Waals surface area contributed by atoms with Gasteiger partial charge in [-0.3, -0.25) is 13.8 Å². The third-order valence-electron chi connectivity index (χ3n) is 11.6. The van der Waals surface area contributed by atoms with Gasteiger partial charge in [-0.05, 0) is 51.4 Å². The highest BCUT2D eigenvalue weighted by Gasteiger charge is 2.27. The normalized spacial score (nSPS) is 14.4.